The Morgan fingerprint density at radius 1 is 1.23 bits per heavy atom. The number of aldehydes is 1. The molecule has 2 aromatic rings. The van der Waals surface area contributed by atoms with Gasteiger partial charge < -0.3 is 14.3 Å². The summed E-state index contributed by atoms with van der Waals surface area (Å²) in [4.78, 5) is 14.1. The maximum absolute atomic E-state index is 11.0. The number of benzene rings is 1. The first-order chi connectivity index (χ1) is 10.3. The molecule has 0 radical (unpaired) electrons. The first-order valence-corrected chi connectivity index (χ1v) is 7.15. The maximum Gasteiger partial charge on any atom is 0.497 e. The summed E-state index contributed by atoms with van der Waals surface area (Å²) in [5, 5.41) is 10.1. The van der Waals surface area contributed by atoms with Crippen molar-refractivity contribution in [3.05, 3.63) is 29.5 Å². The second-order valence-electron chi connectivity index (χ2n) is 6.51. The van der Waals surface area contributed by atoms with Crippen molar-refractivity contribution in [2.75, 3.05) is 0 Å². The van der Waals surface area contributed by atoms with Crippen LogP contribution < -0.4 is 5.46 Å². The molecule has 22 heavy (non-hydrogen) atoms. The Balaban J connectivity index is 2.12. The van der Waals surface area contributed by atoms with Crippen LogP contribution in [0, 0.1) is 11.3 Å². The van der Waals surface area contributed by atoms with E-state index in [2.05, 4.69) is 11.1 Å². The van der Waals surface area contributed by atoms with Gasteiger partial charge in [-0.25, -0.2) is 0 Å². The molecule has 1 aliphatic heterocycles. The van der Waals surface area contributed by atoms with Crippen molar-refractivity contribution in [1.29, 1.82) is 5.26 Å². The zero-order valence-corrected chi connectivity index (χ0v) is 13.1. The van der Waals surface area contributed by atoms with Gasteiger partial charge in [-0.3, -0.25) is 4.79 Å². The molecule has 0 saturated carbocycles. The summed E-state index contributed by atoms with van der Waals surface area (Å²) in [6, 6.07) is 5.55. The second kappa shape index (κ2) is 4.70. The van der Waals surface area contributed by atoms with Crippen LogP contribution in [-0.4, -0.2) is 29.6 Å². The molecule has 1 N–H and O–H groups in total. The number of aromatic amines is 1. The molecule has 1 fully saturated rings. The molecule has 1 aromatic carbocycles. The van der Waals surface area contributed by atoms with Crippen molar-refractivity contribution < 1.29 is 14.1 Å². The predicted molar refractivity (Wildman–Crippen MR) is 84.1 cm³/mol. The number of nitriles is 1. The lowest BCUT2D eigenvalue weighted by molar-refractivity contribution is 0.00578. The van der Waals surface area contributed by atoms with Crippen LogP contribution in [0.25, 0.3) is 10.9 Å². The van der Waals surface area contributed by atoms with Gasteiger partial charge in [-0.05, 0) is 33.8 Å². The molecule has 6 heteroatoms. The predicted octanol–water partition coefficient (Wildman–Crippen LogP) is 2.15. The van der Waals surface area contributed by atoms with E-state index < -0.39 is 18.3 Å². The molecule has 0 atom stereocenters. The van der Waals surface area contributed by atoms with Crippen LogP contribution in [0.3, 0.4) is 0 Å². The molecule has 0 spiro atoms. The summed E-state index contributed by atoms with van der Waals surface area (Å²) in [7, 11) is -0.507. The van der Waals surface area contributed by atoms with Gasteiger partial charge in [-0.15, -0.1) is 0 Å². The van der Waals surface area contributed by atoms with Gasteiger partial charge in [0.15, 0.2) is 6.29 Å². The van der Waals surface area contributed by atoms with Crippen molar-refractivity contribution in [3.8, 4) is 6.07 Å². The van der Waals surface area contributed by atoms with E-state index >= 15 is 0 Å². The molecular weight excluding hydrogens is 279 g/mol. The van der Waals surface area contributed by atoms with Crippen molar-refractivity contribution in [2.45, 2.75) is 38.9 Å². The number of fused-ring (bicyclic) bond motifs is 1. The van der Waals surface area contributed by atoms with E-state index in [4.69, 9.17) is 9.31 Å². The molecule has 1 aliphatic rings. The van der Waals surface area contributed by atoms with Crippen LogP contribution >= 0.6 is 0 Å². The molecular formula is C16H17BN2O3. The van der Waals surface area contributed by atoms with Crippen molar-refractivity contribution in [1.82, 2.24) is 4.98 Å². The van der Waals surface area contributed by atoms with Crippen molar-refractivity contribution in [2.24, 2.45) is 0 Å². The van der Waals surface area contributed by atoms with Crippen molar-refractivity contribution >= 4 is 29.8 Å². The summed E-state index contributed by atoms with van der Waals surface area (Å²) in [6.07, 6.45) is 2.47. The summed E-state index contributed by atoms with van der Waals surface area (Å²) >= 11 is 0. The summed E-state index contributed by atoms with van der Waals surface area (Å²) in [5.41, 5.74) is 1.33. The van der Waals surface area contributed by atoms with Crippen molar-refractivity contribution in [3.63, 3.8) is 0 Å². The van der Waals surface area contributed by atoms with Crippen LogP contribution in [-0.2, 0) is 9.31 Å². The van der Waals surface area contributed by atoms with Crippen LogP contribution in [0.1, 0.15) is 43.6 Å². The minimum absolute atomic E-state index is 0.343. The SMILES string of the molecule is CC1(C)OB(c2c[nH]c3c(C#N)c(C=O)ccc23)OC1(C)C. The molecule has 0 amide bonds. The Morgan fingerprint density at radius 3 is 2.41 bits per heavy atom. The first kappa shape index (κ1) is 14.8. The zero-order valence-electron chi connectivity index (χ0n) is 13.1. The fourth-order valence-corrected chi connectivity index (χ4v) is 2.62. The highest BCUT2D eigenvalue weighted by molar-refractivity contribution is 6.65. The molecule has 0 aliphatic carbocycles. The highest BCUT2D eigenvalue weighted by atomic mass is 16.7. The third-order valence-corrected chi connectivity index (χ3v) is 4.67. The fraction of sp³-hybridized carbons (Fsp3) is 0.375. The van der Waals surface area contributed by atoms with E-state index in [1.807, 2.05) is 33.8 Å². The second-order valence-corrected chi connectivity index (χ2v) is 6.51. The lowest BCUT2D eigenvalue weighted by Gasteiger charge is -2.32. The number of aromatic nitrogens is 1. The Kier molecular flexibility index (Phi) is 3.17. The number of hydrogen-bond donors (Lipinski definition) is 1. The summed E-state index contributed by atoms with van der Waals surface area (Å²) in [5.74, 6) is 0. The smallest absolute Gasteiger partial charge is 0.399 e. The minimum atomic E-state index is -0.507. The summed E-state index contributed by atoms with van der Waals surface area (Å²) < 4.78 is 12.1. The monoisotopic (exact) mass is 296 g/mol. The maximum atomic E-state index is 11.0. The topological polar surface area (TPSA) is 75.1 Å². The zero-order chi connectivity index (χ0) is 16.1. The van der Waals surface area contributed by atoms with Gasteiger partial charge in [0.25, 0.3) is 0 Å². The van der Waals surface area contributed by atoms with Crippen LogP contribution in [0.5, 0.6) is 0 Å². The number of nitrogens with zero attached hydrogens (tertiary/aromatic N) is 1. The molecule has 5 nitrogen and oxygen atoms in total. The minimum Gasteiger partial charge on any atom is -0.399 e. The molecule has 1 saturated heterocycles. The van der Waals surface area contributed by atoms with Crippen LogP contribution in [0.15, 0.2) is 18.3 Å². The van der Waals surface area contributed by atoms with Gasteiger partial charge in [0, 0.05) is 22.6 Å². The lowest BCUT2D eigenvalue weighted by Crippen LogP contribution is -2.41. The molecule has 112 valence electrons. The summed E-state index contributed by atoms with van der Waals surface area (Å²) in [6.45, 7) is 7.97. The highest BCUT2D eigenvalue weighted by Gasteiger charge is 2.52. The van der Waals surface area contributed by atoms with E-state index in [1.165, 1.54) is 0 Å². The number of rotatable bonds is 2. The van der Waals surface area contributed by atoms with Gasteiger partial charge in [0.1, 0.15) is 6.07 Å². The molecule has 0 bridgehead atoms. The van der Waals surface area contributed by atoms with Gasteiger partial charge in [0.05, 0.1) is 22.3 Å². The van der Waals surface area contributed by atoms with Gasteiger partial charge in [0.2, 0.25) is 0 Å². The largest absolute Gasteiger partial charge is 0.497 e. The molecule has 3 rings (SSSR count). The number of hydrogen-bond acceptors (Lipinski definition) is 4. The third kappa shape index (κ3) is 1.97. The Morgan fingerprint density at radius 2 is 1.86 bits per heavy atom. The van der Waals surface area contributed by atoms with Gasteiger partial charge in [-0.1, -0.05) is 6.07 Å². The number of carbonyl (C=O) groups is 1. The average Bonchev–Trinajstić information content (AvgIpc) is 2.96. The Bertz CT molecular complexity index is 786. The number of carbonyl (C=O) groups excluding carboxylic acids is 1. The van der Waals surface area contributed by atoms with Gasteiger partial charge >= 0.3 is 7.12 Å². The molecule has 1 aromatic heterocycles. The normalized spacial score (nSPS) is 19.3. The highest BCUT2D eigenvalue weighted by Crippen LogP contribution is 2.37. The standard InChI is InChI=1S/C16H17BN2O3/c1-15(2)16(3,4)22-17(21-15)13-8-19-14-11(13)6-5-10(9-20)12(14)7-18/h5-6,8-9,19H,1-4H3. The average molecular weight is 296 g/mol. The van der Waals surface area contributed by atoms with Gasteiger partial charge in [-0.2, -0.15) is 5.26 Å². The van der Waals surface area contributed by atoms with E-state index in [1.54, 1.807) is 12.3 Å². The quantitative estimate of drug-likeness (QED) is 0.680. The van der Waals surface area contributed by atoms with E-state index in [-0.39, 0.29) is 0 Å². The number of H-pyrrole nitrogens is 1. The first-order valence-electron chi connectivity index (χ1n) is 7.15. The third-order valence-electron chi connectivity index (χ3n) is 4.67. The Hall–Kier alpha value is -2.10. The van der Waals surface area contributed by atoms with E-state index in [0.717, 1.165) is 10.8 Å². The lowest BCUT2D eigenvalue weighted by atomic mass is 9.78. The van der Waals surface area contributed by atoms with E-state index in [0.29, 0.717) is 22.9 Å². The Labute approximate surface area is 129 Å². The molecule has 2 heterocycles. The molecule has 0 unspecified atom stereocenters. The van der Waals surface area contributed by atoms with Crippen LogP contribution in [0.2, 0.25) is 0 Å². The van der Waals surface area contributed by atoms with Crippen LogP contribution in [0.4, 0.5) is 0 Å². The van der Waals surface area contributed by atoms with E-state index in [9.17, 15) is 10.1 Å². The number of nitrogens with one attached hydrogen (secondary N) is 1. The fourth-order valence-electron chi connectivity index (χ4n) is 2.62.